The van der Waals surface area contributed by atoms with Gasteiger partial charge in [-0.15, -0.1) is 16.4 Å². The summed E-state index contributed by atoms with van der Waals surface area (Å²) in [5.74, 6) is 0.548. The van der Waals surface area contributed by atoms with Crippen LogP contribution in [0.4, 0.5) is 11.6 Å². The van der Waals surface area contributed by atoms with Crippen molar-refractivity contribution in [2.24, 2.45) is 0 Å². The quantitative estimate of drug-likeness (QED) is 0.563. The van der Waals surface area contributed by atoms with Crippen LogP contribution in [0.15, 0.2) is 46.2 Å². The molecule has 0 aliphatic carbocycles. The molecule has 0 aliphatic rings. The first-order valence-corrected chi connectivity index (χ1v) is 8.97. The third-order valence-corrected chi connectivity index (χ3v) is 4.59. The van der Waals surface area contributed by atoms with Gasteiger partial charge in [0.2, 0.25) is 10.9 Å². The molecule has 0 bridgehead atoms. The Morgan fingerprint density at radius 1 is 1.11 bits per heavy atom. The first kappa shape index (κ1) is 17.0. The van der Waals surface area contributed by atoms with Crippen LogP contribution in [-0.4, -0.2) is 26.4 Å². The number of amides is 2. The number of furan rings is 1. The minimum absolute atomic E-state index is 0.121. The van der Waals surface area contributed by atoms with Crippen LogP contribution in [0, 0.1) is 6.92 Å². The smallest absolute Gasteiger partial charge is 0.293 e. The third-order valence-electron chi connectivity index (χ3n) is 3.77. The molecule has 4 aromatic rings. The highest BCUT2D eigenvalue weighted by Crippen LogP contribution is 2.27. The van der Waals surface area contributed by atoms with Gasteiger partial charge in [0.25, 0.3) is 11.9 Å². The molecular formula is C18H15N5O3S. The minimum Gasteiger partial charge on any atom is -0.456 e. The van der Waals surface area contributed by atoms with E-state index in [1.54, 1.807) is 23.6 Å². The fraction of sp³-hybridized carbons (Fsp3) is 0.111. The molecule has 0 aliphatic heterocycles. The number of nitrogens with one attached hydrogen (secondary N) is 2. The van der Waals surface area contributed by atoms with Gasteiger partial charge in [-0.2, -0.15) is 4.98 Å². The Balaban J connectivity index is 1.58. The van der Waals surface area contributed by atoms with Crippen molar-refractivity contribution >= 4 is 39.7 Å². The zero-order valence-corrected chi connectivity index (χ0v) is 15.3. The summed E-state index contributed by atoms with van der Waals surface area (Å²) >= 11 is 1.42. The number of aryl methyl sites for hydroxylation is 1. The molecule has 27 heavy (non-hydrogen) atoms. The Hall–Kier alpha value is -3.46. The van der Waals surface area contributed by atoms with Gasteiger partial charge in [0.05, 0.1) is 5.69 Å². The largest absolute Gasteiger partial charge is 0.456 e. The number of fused-ring (bicyclic) bond motifs is 1. The molecule has 8 nitrogen and oxygen atoms in total. The summed E-state index contributed by atoms with van der Waals surface area (Å²) in [5, 5.41) is 11.7. The molecule has 2 N–H and O–H groups in total. The van der Waals surface area contributed by atoms with Crippen LogP contribution in [-0.2, 0) is 4.79 Å². The number of hydrogen-bond donors (Lipinski definition) is 2. The number of anilines is 2. The first-order chi connectivity index (χ1) is 13.0. The first-order valence-electron chi connectivity index (χ1n) is 8.10. The Kier molecular flexibility index (Phi) is 4.21. The number of thiazole rings is 1. The Bertz CT molecular complexity index is 1140. The van der Waals surface area contributed by atoms with Gasteiger partial charge in [0.15, 0.2) is 5.76 Å². The Labute approximate surface area is 157 Å². The molecule has 0 saturated heterocycles. The van der Waals surface area contributed by atoms with Crippen LogP contribution < -0.4 is 10.6 Å². The summed E-state index contributed by atoms with van der Waals surface area (Å²) in [7, 11) is 0. The van der Waals surface area contributed by atoms with E-state index >= 15 is 0 Å². The predicted molar refractivity (Wildman–Crippen MR) is 102 cm³/mol. The van der Waals surface area contributed by atoms with Gasteiger partial charge in [0.1, 0.15) is 5.76 Å². The SMILES string of the molecule is CC(=O)Nc1ccc(-c2csc3nc(NC(=O)c4ccc(C)o4)nn23)cc1. The lowest BCUT2D eigenvalue weighted by molar-refractivity contribution is -0.114. The fourth-order valence-corrected chi connectivity index (χ4v) is 3.41. The molecule has 0 saturated carbocycles. The summed E-state index contributed by atoms with van der Waals surface area (Å²) in [6.07, 6.45) is 0. The number of aromatic nitrogens is 3. The maximum atomic E-state index is 12.2. The molecule has 0 fully saturated rings. The summed E-state index contributed by atoms with van der Waals surface area (Å²) < 4.78 is 6.97. The maximum absolute atomic E-state index is 12.2. The molecule has 0 radical (unpaired) electrons. The van der Waals surface area contributed by atoms with E-state index in [-0.39, 0.29) is 17.6 Å². The Morgan fingerprint density at radius 3 is 2.56 bits per heavy atom. The van der Waals surface area contributed by atoms with Crippen molar-refractivity contribution in [3.05, 3.63) is 53.3 Å². The van der Waals surface area contributed by atoms with E-state index in [2.05, 4.69) is 20.7 Å². The van der Waals surface area contributed by atoms with E-state index < -0.39 is 5.91 Å². The second-order valence-corrected chi connectivity index (χ2v) is 6.71. The average Bonchev–Trinajstić information content (AvgIpc) is 3.31. The van der Waals surface area contributed by atoms with E-state index in [4.69, 9.17) is 4.42 Å². The zero-order valence-electron chi connectivity index (χ0n) is 14.5. The van der Waals surface area contributed by atoms with Crippen molar-refractivity contribution in [1.82, 2.24) is 14.6 Å². The van der Waals surface area contributed by atoms with Gasteiger partial charge in [-0.1, -0.05) is 12.1 Å². The summed E-state index contributed by atoms with van der Waals surface area (Å²) in [4.78, 5) is 28.3. The molecule has 9 heteroatoms. The van der Waals surface area contributed by atoms with Crippen molar-refractivity contribution in [2.45, 2.75) is 13.8 Å². The molecule has 1 aromatic carbocycles. The van der Waals surface area contributed by atoms with Gasteiger partial charge in [-0.05, 0) is 31.2 Å². The lowest BCUT2D eigenvalue weighted by Crippen LogP contribution is -2.12. The number of rotatable bonds is 4. The van der Waals surface area contributed by atoms with E-state index in [9.17, 15) is 9.59 Å². The van der Waals surface area contributed by atoms with Crippen LogP contribution in [0.5, 0.6) is 0 Å². The summed E-state index contributed by atoms with van der Waals surface area (Å²) in [5.41, 5.74) is 2.48. The lowest BCUT2D eigenvalue weighted by atomic mass is 10.1. The van der Waals surface area contributed by atoms with Crippen molar-refractivity contribution in [3.63, 3.8) is 0 Å². The molecule has 0 atom stereocenters. The number of nitrogens with zero attached hydrogens (tertiary/aromatic N) is 3. The Morgan fingerprint density at radius 2 is 1.89 bits per heavy atom. The topological polar surface area (TPSA) is 102 Å². The van der Waals surface area contributed by atoms with E-state index in [0.29, 0.717) is 10.7 Å². The number of benzene rings is 1. The highest BCUT2D eigenvalue weighted by atomic mass is 32.1. The third kappa shape index (κ3) is 3.44. The number of carbonyl (C=O) groups excluding carboxylic acids is 2. The van der Waals surface area contributed by atoms with Crippen molar-refractivity contribution in [3.8, 4) is 11.3 Å². The average molecular weight is 381 g/mol. The van der Waals surface area contributed by atoms with E-state index in [1.807, 2.05) is 29.6 Å². The van der Waals surface area contributed by atoms with Crippen LogP contribution in [0.1, 0.15) is 23.2 Å². The van der Waals surface area contributed by atoms with E-state index in [0.717, 1.165) is 16.9 Å². The van der Waals surface area contributed by atoms with Crippen LogP contribution in [0.3, 0.4) is 0 Å². The normalized spacial score (nSPS) is 10.9. The molecule has 2 amide bonds. The zero-order chi connectivity index (χ0) is 19.0. The number of carbonyl (C=O) groups is 2. The van der Waals surface area contributed by atoms with Crippen molar-refractivity contribution in [1.29, 1.82) is 0 Å². The second-order valence-electron chi connectivity index (χ2n) is 5.87. The molecule has 3 aromatic heterocycles. The maximum Gasteiger partial charge on any atom is 0.293 e. The highest BCUT2D eigenvalue weighted by Gasteiger charge is 2.16. The molecule has 0 spiro atoms. The second kappa shape index (κ2) is 6.69. The standard InChI is InChI=1S/C18H15N5O3S/c1-10-3-8-15(26-10)16(25)20-17-21-18-23(22-17)14(9-27-18)12-4-6-13(7-5-12)19-11(2)24/h3-9H,1-2H3,(H,19,24)(H,20,22,25). The monoisotopic (exact) mass is 381 g/mol. The highest BCUT2D eigenvalue weighted by molar-refractivity contribution is 7.15. The van der Waals surface area contributed by atoms with Crippen molar-refractivity contribution in [2.75, 3.05) is 10.6 Å². The van der Waals surface area contributed by atoms with Gasteiger partial charge >= 0.3 is 0 Å². The van der Waals surface area contributed by atoms with Crippen LogP contribution in [0.25, 0.3) is 16.2 Å². The fourth-order valence-electron chi connectivity index (χ4n) is 2.58. The molecule has 136 valence electrons. The van der Waals surface area contributed by atoms with Gasteiger partial charge in [-0.25, -0.2) is 4.52 Å². The van der Waals surface area contributed by atoms with Crippen LogP contribution in [0.2, 0.25) is 0 Å². The predicted octanol–water partition coefficient (Wildman–Crippen LogP) is 3.57. The minimum atomic E-state index is -0.400. The summed E-state index contributed by atoms with van der Waals surface area (Å²) in [6.45, 7) is 3.23. The molecule has 4 rings (SSSR count). The van der Waals surface area contributed by atoms with Gasteiger partial charge < -0.3 is 9.73 Å². The lowest BCUT2D eigenvalue weighted by Gasteiger charge is -2.03. The number of hydrogen-bond acceptors (Lipinski definition) is 6. The molecule has 3 heterocycles. The van der Waals surface area contributed by atoms with Crippen LogP contribution >= 0.6 is 11.3 Å². The van der Waals surface area contributed by atoms with Gasteiger partial charge in [0, 0.05) is 23.6 Å². The summed E-state index contributed by atoms with van der Waals surface area (Å²) in [6, 6.07) is 10.7. The molecular weight excluding hydrogens is 366 g/mol. The molecule has 0 unspecified atom stereocenters. The van der Waals surface area contributed by atoms with Gasteiger partial charge in [-0.3, -0.25) is 14.9 Å². The van der Waals surface area contributed by atoms with E-state index in [1.165, 1.54) is 18.3 Å². The van der Waals surface area contributed by atoms with Crippen molar-refractivity contribution < 1.29 is 14.0 Å².